The summed E-state index contributed by atoms with van der Waals surface area (Å²) in [5.41, 5.74) is 6.48. The van der Waals surface area contributed by atoms with Gasteiger partial charge in [-0.2, -0.15) is 4.98 Å². The summed E-state index contributed by atoms with van der Waals surface area (Å²) in [6, 6.07) is 3.16. The molecule has 1 fully saturated rings. The van der Waals surface area contributed by atoms with E-state index in [2.05, 4.69) is 10.1 Å². The fourth-order valence-corrected chi connectivity index (χ4v) is 2.49. The molecule has 1 aliphatic carbocycles. The van der Waals surface area contributed by atoms with Gasteiger partial charge < -0.3 is 14.8 Å². The molecule has 2 heterocycles. The molecule has 0 amide bonds. The number of aryl methyl sites for hydroxylation is 1. The lowest BCUT2D eigenvalue weighted by Crippen LogP contribution is -2.34. The average Bonchev–Trinajstić information content (AvgIpc) is 3.02. The zero-order chi connectivity index (χ0) is 13.5. The van der Waals surface area contributed by atoms with Crippen molar-refractivity contribution < 1.29 is 4.52 Å². The Hall–Kier alpha value is -1.95. The summed E-state index contributed by atoms with van der Waals surface area (Å²) >= 11 is 0. The summed E-state index contributed by atoms with van der Waals surface area (Å²) < 4.78 is 6.75. The van der Waals surface area contributed by atoms with Gasteiger partial charge in [0.15, 0.2) is 5.82 Å². The van der Waals surface area contributed by atoms with Gasteiger partial charge in [0.25, 0.3) is 5.89 Å². The lowest BCUT2D eigenvalue weighted by Gasteiger charge is -2.17. The first kappa shape index (κ1) is 12.1. The normalized spacial score (nSPS) is 17.8. The number of aromatic nitrogens is 3. The third-order valence-electron chi connectivity index (χ3n) is 3.70. The molecule has 100 valence electrons. The van der Waals surface area contributed by atoms with Crippen molar-refractivity contribution in [2.24, 2.45) is 12.8 Å². The van der Waals surface area contributed by atoms with Crippen LogP contribution >= 0.6 is 0 Å². The van der Waals surface area contributed by atoms with E-state index in [1.54, 1.807) is 19.3 Å². The first-order valence-corrected chi connectivity index (χ1v) is 6.39. The van der Waals surface area contributed by atoms with Crippen LogP contribution in [0.3, 0.4) is 0 Å². The molecular formula is C13H16N4O2. The van der Waals surface area contributed by atoms with Crippen molar-refractivity contribution in [1.29, 1.82) is 0 Å². The van der Waals surface area contributed by atoms with Crippen molar-refractivity contribution in [1.82, 2.24) is 14.7 Å². The van der Waals surface area contributed by atoms with Gasteiger partial charge in [0.2, 0.25) is 5.56 Å². The van der Waals surface area contributed by atoms with Crippen LogP contribution in [-0.2, 0) is 12.6 Å². The Morgan fingerprint density at radius 2 is 2.11 bits per heavy atom. The van der Waals surface area contributed by atoms with E-state index in [1.807, 2.05) is 0 Å². The van der Waals surface area contributed by atoms with Crippen molar-refractivity contribution in [3.63, 3.8) is 0 Å². The van der Waals surface area contributed by atoms with Crippen LogP contribution in [0.2, 0.25) is 0 Å². The molecule has 1 aliphatic rings. The maximum absolute atomic E-state index is 11.3. The third-order valence-corrected chi connectivity index (χ3v) is 3.70. The summed E-state index contributed by atoms with van der Waals surface area (Å²) in [5.74, 6) is 0.969. The summed E-state index contributed by atoms with van der Waals surface area (Å²) in [6.45, 7) is 0. The molecule has 2 N–H and O–H groups in total. The number of pyridine rings is 1. The summed E-state index contributed by atoms with van der Waals surface area (Å²) in [4.78, 5) is 15.7. The highest BCUT2D eigenvalue weighted by molar-refractivity contribution is 5.50. The SMILES string of the molecule is Cn1cc(-c2nc(C3(N)CCCC3)no2)ccc1=O. The predicted octanol–water partition coefficient (Wildman–Crippen LogP) is 1.16. The van der Waals surface area contributed by atoms with Crippen molar-refractivity contribution in [2.75, 3.05) is 0 Å². The molecule has 0 unspecified atom stereocenters. The molecule has 0 aliphatic heterocycles. The standard InChI is InChI=1S/C13H16N4O2/c1-17-8-9(4-5-10(17)18)11-15-12(16-19-11)13(14)6-2-3-7-13/h4-5,8H,2-3,6-7,14H2,1H3. The van der Waals surface area contributed by atoms with E-state index in [4.69, 9.17) is 10.3 Å². The van der Waals surface area contributed by atoms with Crippen molar-refractivity contribution in [2.45, 2.75) is 31.2 Å². The van der Waals surface area contributed by atoms with E-state index in [1.165, 1.54) is 10.6 Å². The zero-order valence-corrected chi connectivity index (χ0v) is 10.8. The molecule has 0 spiro atoms. The molecule has 0 aromatic carbocycles. The van der Waals surface area contributed by atoms with Crippen molar-refractivity contribution >= 4 is 0 Å². The molecule has 6 heteroatoms. The van der Waals surface area contributed by atoms with Gasteiger partial charge in [-0.05, 0) is 18.9 Å². The molecule has 19 heavy (non-hydrogen) atoms. The quantitative estimate of drug-likeness (QED) is 0.875. The highest BCUT2D eigenvalue weighted by atomic mass is 16.5. The second-order valence-electron chi connectivity index (χ2n) is 5.15. The van der Waals surface area contributed by atoms with E-state index in [0.717, 1.165) is 31.2 Å². The van der Waals surface area contributed by atoms with Crippen LogP contribution in [0.25, 0.3) is 11.5 Å². The average molecular weight is 260 g/mol. The highest BCUT2D eigenvalue weighted by Gasteiger charge is 2.36. The van der Waals surface area contributed by atoms with Crippen LogP contribution in [0.5, 0.6) is 0 Å². The minimum absolute atomic E-state index is 0.0745. The van der Waals surface area contributed by atoms with Crippen molar-refractivity contribution in [3.8, 4) is 11.5 Å². The maximum Gasteiger partial charge on any atom is 0.259 e. The number of hydrogen-bond donors (Lipinski definition) is 1. The molecule has 0 saturated heterocycles. The van der Waals surface area contributed by atoms with E-state index in [0.29, 0.717) is 11.7 Å². The van der Waals surface area contributed by atoms with Gasteiger partial charge in [0.1, 0.15) is 0 Å². The van der Waals surface area contributed by atoms with E-state index < -0.39 is 5.54 Å². The molecule has 0 atom stereocenters. The first-order valence-electron chi connectivity index (χ1n) is 6.39. The number of hydrogen-bond acceptors (Lipinski definition) is 5. The van der Waals surface area contributed by atoms with E-state index >= 15 is 0 Å². The fourth-order valence-electron chi connectivity index (χ4n) is 2.49. The molecule has 2 aromatic rings. The topological polar surface area (TPSA) is 86.9 Å². The van der Waals surface area contributed by atoms with Crippen LogP contribution in [0.15, 0.2) is 27.6 Å². The molecule has 0 radical (unpaired) electrons. The Bertz CT molecular complexity index is 653. The minimum atomic E-state index is -0.456. The van der Waals surface area contributed by atoms with Crippen molar-refractivity contribution in [3.05, 3.63) is 34.5 Å². The van der Waals surface area contributed by atoms with E-state index in [9.17, 15) is 4.79 Å². The lowest BCUT2D eigenvalue weighted by molar-refractivity contribution is 0.372. The molecule has 2 aromatic heterocycles. The Balaban J connectivity index is 1.96. The zero-order valence-electron chi connectivity index (χ0n) is 10.8. The van der Waals surface area contributed by atoms with Crippen LogP contribution in [-0.4, -0.2) is 14.7 Å². The van der Waals surface area contributed by atoms with Crippen LogP contribution in [0.1, 0.15) is 31.5 Å². The second kappa shape index (κ2) is 4.31. The van der Waals surface area contributed by atoms with Gasteiger partial charge in [-0.1, -0.05) is 18.0 Å². The number of rotatable bonds is 2. The van der Waals surface area contributed by atoms with Gasteiger partial charge in [-0.15, -0.1) is 0 Å². The number of nitrogens with zero attached hydrogens (tertiary/aromatic N) is 3. The Kier molecular flexibility index (Phi) is 2.74. The molecule has 0 bridgehead atoms. The van der Waals surface area contributed by atoms with Crippen LogP contribution < -0.4 is 11.3 Å². The Morgan fingerprint density at radius 3 is 2.79 bits per heavy atom. The van der Waals surface area contributed by atoms with E-state index in [-0.39, 0.29) is 5.56 Å². The molecule has 3 rings (SSSR count). The number of nitrogens with two attached hydrogens (primary N) is 1. The minimum Gasteiger partial charge on any atom is -0.334 e. The summed E-state index contributed by atoms with van der Waals surface area (Å²) in [5, 5.41) is 4.00. The molecule has 1 saturated carbocycles. The maximum atomic E-state index is 11.3. The molecule has 6 nitrogen and oxygen atoms in total. The van der Waals surface area contributed by atoms with Gasteiger partial charge in [0, 0.05) is 19.3 Å². The Morgan fingerprint density at radius 1 is 1.37 bits per heavy atom. The van der Waals surface area contributed by atoms with Gasteiger partial charge in [-0.25, -0.2) is 0 Å². The van der Waals surface area contributed by atoms with Gasteiger partial charge in [0.05, 0.1) is 11.1 Å². The smallest absolute Gasteiger partial charge is 0.259 e. The highest BCUT2D eigenvalue weighted by Crippen LogP contribution is 2.35. The fraction of sp³-hybridized carbons (Fsp3) is 0.462. The molecular weight excluding hydrogens is 244 g/mol. The van der Waals surface area contributed by atoms with Crippen LogP contribution in [0, 0.1) is 0 Å². The predicted molar refractivity (Wildman–Crippen MR) is 69.3 cm³/mol. The summed E-state index contributed by atoms with van der Waals surface area (Å²) in [6.07, 6.45) is 5.65. The van der Waals surface area contributed by atoms with Gasteiger partial charge in [-0.3, -0.25) is 4.79 Å². The third kappa shape index (κ3) is 2.08. The van der Waals surface area contributed by atoms with Crippen LogP contribution in [0.4, 0.5) is 0 Å². The monoisotopic (exact) mass is 260 g/mol. The second-order valence-corrected chi connectivity index (χ2v) is 5.15. The summed E-state index contributed by atoms with van der Waals surface area (Å²) in [7, 11) is 1.69. The largest absolute Gasteiger partial charge is 0.334 e. The Labute approximate surface area is 110 Å². The lowest BCUT2D eigenvalue weighted by atomic mass is 9.99. The first-order chi connectivity index (χ1) is 9.08. The van der Waals surface area contributed by atoms with Gasteiger partial charge >= 0.3 is 0 Å².